The predicted molar refractivity (Wildman–Crippen MR) is 53.3 cm³/mol. The van der Waals surface area contributed by atoms with Gasteiger partial charge in [-0.2, -0.15) is 0 Å². The molecule has 0 spiro atoms. The Bertz CT molecular complexity index is 211. The average molecular weight is 183 g/mol. The molecular weight excluding hydrogens is 166 g/mol. The van der Waals surface area contributed by atoms with E-state index in [9.17, 15) is 4.79 Å². The Hall–Kier alpha value is -1.25. The largest absolute Gasteiger partial charge is 0.444 e. The molecule has 0 saturated carbocycles. The lowest BCUT2D eigenvalue weighted by atomic mass is 10.2. The first-order valence-corrected chi connectivity index (χ1v) is 4.23. The summed E-state index contributed by atoms with van der Waals surface area (Å²) in [7, 11) is 0. The highest BCUT2D eigenvalue weighted by Crippen LogP contribution is 2.06. The third kappa shape index (κ3) is 8.66. The molecule has 0 atom stereocenters. The Labute approximate surface area is 79.5 Å². The van der Waals surface area contributed by atoms with Crippen molar-refractivity contribution in [2.45, 2.75) is 33.3 Å². The number of carbonyl (C=O) groups excluding carboxylic acids is 1. The average Bonchev–Trinajstić information content (AvgIpc) is 1.94. The van der Waals surface area contributed by atoms with Crippen LogP contribution in [0.5, 0.6) is 0 Å². The number of carbonyl (C=O) groups is 1. The van der Waals surface area contributed by atoms with Crippen molar-refractivity contribution in [3.8, 4) is 0 Å². The van der Waals surface area contributed by atoms with Gasteiger partial charge in [-0.25, -0.2) is 4.79 Å². The summed E-state index contributed by atoms with van der Waals surface area (Å²) in [6.45, 7) is 7.37. The van der Waals surface area contributed by atoms with Crippen LogP contribution in [0.25, 0.3) is 0 Å². The van der Waals surface area contributed by atoms with E-state index in [1.54, 1.807) is 6.08 Å². The third-order valence-electron chi connectivity index (χ3n) is 1.000. The fourth-order valence-corrected chi connectivity index (χ4v) is 0.590. The number of hydrogen-bond acceptors (Lipinski definition) is 2. The Morgan fingerprint density at radius 3 is 2.38 bits per heavy atom. The summed E-state index contributed by atoms with van der Waals surface area (Å²) < 4.78 is 4.99. The quantitative estimate of drug-likeness (QED) is 0.668. The minimum atomic E-state index is -0.446. The minimum Gasteiger partial charge on any atom is -0.444 e. The summed E-state index contributed by atoms with van der Waals surface area (Å²) in [5.74, 6) is 0. The van der Waals surface area contributed by atoms with Crippen LogP contribution in [-0.2, 0) is 4.74 Å². The summed E-state index contributed by atoms with van der Waals surface area (Å²) in [4.78, 5) is 11.0. The van der Waals surface area contributed by atoms with Crippen molar-refractivity contribution < 1.29 is 9.53 Å². The van der Waals surface area contributed by atoms with Crippen LogP contribution in [0.4, 0.5) is 4.79 Å². The molecule has 0 aromatic heterocycles. The van der Waals surface area contributed by atoms with Crippen molar-refractivity contribution in [3.63, 3.8) is 0 Å². The maximum atomic E-state index is 11.0. The molecule has 0 unspecified atom stereocenters. The van der Waals surface area contributed by atoms with Crippen molar-refractivity contribution in [2.75, 3.05) is 0 Å². The molecule has 1 N–H and O–H groups in total. The molecule has 0 aromatic rings. The highest BCUT2D eigenvalue weighted by atomic mass is 16.6. The maximum Gasteiger partial charge on any atom is 0.411 e. The maximum absolute atomic E-state index is 11.0. The van der Waals surface area contributed by atoms with Gasteiger partial charge in [-0.05, 0) is 33.8 Å². The number of alkyl carbamates (subject to hydrolysis) is 1. The van der Waals surface area contributed by atoms with E-state index in [0.717, 1.165) is 0 Å². The van der Waals surface area contributed by atoms with E-state index in [-0.39, 0.29) is 0 Å². The number of hydrogen-bond donors (Lipinski definition) is 1. The minimum absolute atomic E-state index is 0.437. The van der Waals surface area contributed by atoms with Gasteiger partial charge in [-0.1, -0.05) is 12.2 Å². The van der Waals surface area contributed by atoms with Gasteiger partial charge in [-0.3, -0.25) is 5.32 Å². The van der Waals surface area contributed by atoms with Crippen molar-refractivity contribution in [3.05, 3.63) is 24.4 Å². The van der Waals surface area contributed by atoms with Crippen LogP contribution >= 0.6 is 0 Å². The van der Waals surface area contributed by atoms with Gasteiger partial charge in [0.25, 0.3) is 0 Å². The molecule has 3 nitrogen and oxygen atoms in total. The zero-order valence-corrected chi connectivity index (χ0v) is 8.63. The zero-order valence-electron chi connectivity index (χ0n) is 8.63. The predicted octanol–water partition coefficient (Wildman–Crippen LogP) is 2.60. The summed E-state index contributed by atoms with van der Waals surface area (Å²) in [5.41, 5.74) is -0.446. The second kappa shape index (κ2) is 5.41. The number of ether oxygens (including phenoxy) is 1. The molecule has 0 saturated heterocycles. The second-order valence-corrected chi connectivity index (χ2v) is 3.53. The molecule has 0 rings (SSSR count). The zero-order chi connectivity index (χ0) is 10.3. The smallest absolute Gasteiger partial charge is 0.411 e. The lowest BCUT2D eigenvalue weighted by Crippen LogP contribution is -2.29. The molecule has 0 aliphatic heterocycles. The highest BCUT2D eigenvalue weighted by Gasteiger charge is 2.14. The molecule has 1 amide bonds. The van der Waals surface area contributed by atoms with E-state index >= 15 is 0 Å². The first-order valence-electron chi connectivity index (χ1n) is 4.23. The van der Waals surface area contributed by atoms with Crippen LogP contribution in [0.15, 0.2) is 24.4 Å². The van der Waals surface area contributed by atoms with Gasteiger partial charge in [0.1, 0.15) is 5.60 Å². The first-order chi connectivity index (χ1) is 5.95. The van der Waals surface area contributed by atoms with Crippen LogP contribution in [0, 0.1) is 0 Å². The van der Waals surface area contributed by atoms with Crippen molar-refractivity contribution in [1.29, 1.82) is 0 Å². The fraction of sp³-hybridized carbons (Fsp3) is 0.500. The molecule has 0 aliphatic carbocycles. The van der Waals surface area contributed by atoms with Gasteiger partial charge in [0, 0.05) is 6.20 Å². The summed E-state index contributed by atoms with van der Waals surface area (Å²) in [6.07, 6.45) is 6.51. The van der Waals surface area contributed by atoms with Crippen LogP contribution in [0.3, 0.4) is 0 Å². The molecule has 0 aromatic carbocycles. The summed E-state index contributed by atoms with van der Waals surface area (Å²) >= 11 is 0. The van der Waals surface area contributed by atoms with Crippen LogP contribution in [-0.4, -0.2) is 11.7 Å². The first kappa shape index (κ1) is 11.8. The monoisotopic (exact) mass is 183 g/mol. The molecule has 3 heteroatoms. The molecule has 0 radical (unpaired) electrons. The second-order valence-electron chi connectivity index (χ2n) is 3.53. The fourth-order valence-electron chi connectivity index (χ4n) is 0.590. The lowest BCUT2D eigenvalue weighted by molar-refractivity contribution is 0.0552. The molecule has 0 bridgehead atoms. The van der Waals surface area contributed by atoms with Crippen molar-refractivity contribution >= 4 is 6.09 Å². The van der Waals surface area contributed by atoms with Crippen LogP contribution in [0.1, 0.15) is 27.7 Å². The molecule has 13 heavy (non-hydrogen) atoms. The van der Waals surface area contributed by atoms with E-state index in [0.29, 0.717) is 0 Å². The van der Waals surface area contributed by atoms with E-state index in [2.05, 4.69) is 5.32 Å². The Kier molecular flexibility index (Phi) is 4.89. The number of allylic oxidation sites excluding steroid dienone is 3. The van der Waals surface area contributed by atoms with Crippen molar-refractivity contribution in [2.24, 2.45) is 0 Å². The normalized spacial score (nSPS) is 12.3. The lowest BCUT2D eigenvalue weighted by Gasteiger charge is -2.18. The Morgan fingerprint density at radius 1 is 1.31 bits per heavy atom. The number of rotatable bonds is 2. The SMILES string of the molecule is C/C=C\C=C/NC(=O)OC(C)(C)C. The number of amides is 1. The molecule has 0 heterocycles. The van der Waals surface area contributed by atoms with E-state index < -0.39 is 11.7 Å². The van der Waals surface area contributed by atoms with Gasteiger partial charge < -0.3 is 4.74 Å². The third-order valence-corrected chi connectivity index (χ3v) is 1.000. The topological polar surface area (TPSA) is 38.3 Å². The van der Waals surface area contributed by atoms with E-state index in [4.69, 9.17) is 4.74 Å². The highest BCUT2D eigenvalue weighted by molar-refractivity contribution is 5.68. The van der Waals surface area contributed by atoms with Crippen molar-refractivity contribution in [1.82, 2.24) is 5.32 Å². The van der Waals surface area contributed by atoms with Gasteiger partial charge in [0.15, 0.2) is 0 Å². The van der Waals surface area contributed by atoms with Gasteiger partial charge in [0.05, 0.1) is 0 Å². The molecule has 74 valence electrons. The Balaban J connectivity index is 3.76. The standard InChI is InChI=1S/C10H17NO2/c1-5-6-7-8-11-9(12)13-10(2,3)4/h5-8H,1-4H3,(H,11,12)/b6-5-,8-7-. The number of nitrogens with one attached hydrogen (secondary N) is 1. The van der Waals surface area contributed by atoms with Crippen LogP contribution in [0.2, 0.25) is 0 Å². The summed E-state index contributed by atoms with van der Waals surface area (Å²) in [5, 5.41) is 2.48. The van der Waals surface area contributed by atoms with Gasteiger partial charge in [-0.15, -0.1) is 0 Å². The molecule has 0 fully saturated rings. The Morgan fingerprint density at radius 2 is 1.92 bits per heavy atom. The van der Waals surface area contributed by atoms with E-state index in [1.165, 1.54) is 6.20 Å². The van der Waals surface area contributed by atoms with Gasteiger partial charge >= 0.3 is 6.09 Å². The molecular formula is C10H17NO2. The molecule has 0 aliphatic rings. The van der Waals surface area contributed by atoms with Crippen LogP contribution < -0.4 is 5.32 Å². The van der Waals surface area contributed by atoms with Gasteiger partial charge in [0.2, 0.25) is 0 Å². The summed E-state index contributed by atoms with van der Waals surface area (Å²) in [6, 6.07) is 0. The van der Waals surface area contributed by atoms with E-state index in [1.807, 2.05) is 39.8 Å².